The van der Waals surface area contributed by atoms with E-state index in [1.54, 1.807) is 0 Å². The molecule has 0 saturated carbocycles. The van der Waals surface area contributed by atoms with E-state index in [4.69, 9.17) is 0 Å². The first-order chi connectivity index (χ1) is 30.0. The molecule has 2 aliphatic heterocycles. The SMILES string of the molecule is CC(C)(C)c1ccc(-c2c3ccc(N4c5ccccc5Cc5ccccc54)cc3c(-c3ccc(C(C)(C)C)cc3)c3ccc(N4c5ccccc5Cc5ccccc54)cc23)cc1. The van der Waals surface area contributed by atoms with E-state index >= 15 is 0 Å². The molecule has 0 spiro atoms. The minimum absolute atomic E-state index is 0.0455. The number of para-hydroxylation sites is 4. The summed E-state index contributed by atoms with van der Waals surface area (Å²) >= 11 is 0. The highest BCUT2D eigenvalue weighted by Gasteiger charge is 2.28. The quantitative estimate of drug-likeness (QED) is 0.164. The Balaban J connectivity index is 1.23. The number of benzene rings is 9. The van der Waals surface area contributed by atoms with Crippen LogP contribution in [0.15, 0.2) is 182 Å². The molecule has 0 aromatic heterocycles. The van der Waals surface area contributed by atoms with Crippen molar-refractivity contribution >= 4 is 55.7 Å². The Hall–Kier alpha value is -6.90. The van der Waals surface area contributed by atoms with E-state index in [9.17, 15) is 0 Å². The number of hydrogen-bond donors (Lipinski definition) is 0. The van der Waals surface area contributed by atoms with Crippen molar-refractivity contribution in [2.45, 2.75) is 65.2 Å². The third-order valence-corrected chi connectivity index (χ3v) is 13.4. The lowest BCUT2D eigenvalue weighted by Crippen LogP contribution is -2.18. The van der Waals surface area contributed by atoms with Gasteiger partial charge in [0, 0.05) is 47.0 Å². The summed E-state index contributed by atoms with van der Waals surface area (Å²) in [6.45, 7) is 13.8. The summed E-state index contributed by atoms with van der Waals surface area (Å²) in [6, 6.07) is 68.9. The summed E-state index contributed by atoms with van der Waals surface area (Å²) in [6.07, 6.45) is 1.85. The summed E-state index contributed by atoms with van der Waals surface area (Å²) in [5.74, 6) is 0. The zero-order chi connectivity index (χ0) is 42.3. The molecule has 2 heterocycles. The van der Waals surface area contributed by atoms with Gasteiger partial charge in [-0.1, -0.05) is 175 Å². The van der Waals surface area contributed by atoms with Gasteiger partial charge in [-0.2, -0.15) is 0 Å². The molecule has 302 valence electrons. The van der Waals surface area contributed by atoms with Gasteiger partial charge in [-0.25, -0.2) is 0 Å². The predicted molar refractivity (Wildman–Crippen MR) is 265 cm³/mol. The number of rotatable bonds is 4. The summed E-state index contributed by atoms with van der Waals surface area (Å²) in [7, 11) is 0. The number of nitrogens with zero attached hydrogens (tertiary/aromatic N) is 2. The van der Waals surface area contributed by atoms with Gasteiger partial charge in [0.1, 0.15) is 0 Å². The van der Waals surface area contributed by atoms with E-state index in [-0.39, 0.29) is 10.8 Å². The van der Waals surface area contributed by atoms with Crippen molar-refractivity contribution in [2.75, 3.05) is 9.80 Å². The summed E-state index contributed by atoms with van der Waals surface area (Å²) < 4.78 is 0. The third-order valence-electron chi connectivity index (χ3n) is 13.4. The molecule has 2 heteroatoms. The van der Waals surface area contributed by atoms with Crippen molar-refractivity contribution in [3.05, 3.63) is 215 Å². The largest absolute Gasteiger partial charge is 0.310 e. The fourth-order valence-electron chi connectivity index (χ4n) is 10.1. The fraction of sp³-hybridized carbons (Fsp3) is 0.167. The summed E-state index contributed by atoms with van der Waals surface area (Å²) in [5.41, 5.74) is 20.4. The normalized spacial score (nSPS) is 13.5. The van der Waals surface area contributed by atoms with Gasteiger partial charge in [0.25, 0.3) is 0 Å². The van der Waals surface area contributed by atoms with E-state index in [1.165, 1.54) is 99.9 Å². The monoisotopic (exact) mass is 800 g/mol. The molecule has 0 N–H and O–H groups in total. The standard InChI is InChI=1S/C60H52N2/c1-59(2,3)45-27-23-39(24-28-45)57-49-33-31-48(62-55-21-13-9-17-43(55)36-44-18-10-14-22-56(44)62)38-52(49)58(40-25-29-46(30-26-40)60(4,5)6)50-34-32-47(37-51(50)57)61-53-19-11-7-15-41(53)35-42-16-8-12-20-54(42)61/h7-34,37-38H,35-36H2,1-6H3. The number of anilines is 6. The van der Waals surface area contributed by atoms with Crippen LogP contribution in [0.1, 0.15) is 74.9 Å². The van der Waals surface area contributed by atoms with Crippen molar-refractivity contribution in [3.63, 3.8) is 0 Å². The lowest BCUT2D eigenvalue weighted by atomic mass is 9.82. The van der Waals surface area contributed by atoms with E-state index < -0.39 is 0 Å². The van der Waals surface area contributed by atoms with Crippen LogP contribution in [0.25, 0.3) is 43.8 Å². The van der Waals surface area contributed by atoms with Crippen LogP contribution >= 0.6 is 0 Å². The first-order valence-electron chi connectivity index (χ1n) is 22.2. The Bertz CT molecular complexity index is 2880. The van der Waals surface area contributed by atoms with Gasteiger partial charge >= 0.3 is 0 Å². The molecule has 2 aliphatic rings. The first kappa shape index (κ1) is 38.1. The molecular weight excluding hydrogens is 749 g/mol. The topological polar surface area (TPSA) is 6.48 Å². The van der Waals surface area contributed by atoms with Crippen LogP contribution in [0.4, 0.5) is 34.1 Å². The van der Waals surface area contributed by atoms with E-state index in [0.29, 0.717) is 0 Å². The van der Waals surface area contributed by atoms with Gasteiger partial charge in [-0.15, -0.1) is 0 Å². The molecule has 0 unspecified atom stereocenters. The minimum Gasteiger partial charge on any atom is -0.310 e. The second kappa shape index (κ2) is 14.4. The second-order valence-electron chi connectivity index (χ2n) is 19.4. The average molecular weight is 801 g/mol. The van der Waals surface area contributed by atoms with Crippen LogP contribution in [-0.4, -0.2) is 0 Å². The fourth-order valence-corrected chi connectivity index (χ4v) is 10.1. The molecule has 11 rings (SSSR count). The molecule has 0 atom stereocenters. The number of fused-ring (bicyclic) bond motifs is 6. The highest BCUT2D eigenvalue weighted by molar-refractivity contribution is 6.22. The van der Waals surface area contributed by atoms with E-state index in [0.717, 1.165) is 24.2 Å². The number of hydrogen-bond acceptors (Lipinski definition) is 2. The van der Waals surface area contributed by atoms with Gasteiger partial charge < -0.3 is 9.80 Å². The Morgan fingerprint density at radius 1 is 0.323 bits per heavy atom. The van der Waals surface area contributed by atoms with Crippen molar-refractivity contribution in [1.29, 1.82) is 0 Å². The van der Waals surface area contributed by atoms with Crippen molar-refractivity contribution in [1.82, 2.24) is 0 Å². The molecule has 0 radical (unpaired) electrons. The van der Waals surface area contributed by atoms with E-state index in [2.05, 4.69) is 233 Å². The molecule has 0 aliphatic carbocycles. The highest BCUT2D eigenvalue weighted by Crippen LogP contribution is 2.51. The van der Waals surface area contributed by atoms with Gasteiger partial charge in [0.15, 0.2) is 0 Å². The third kappa shape index (κ3) is 6.31. The van der Waals surface area contributed by atoms with Crippen LogP contribution < -0.4 is 9.80 Å². The molecule has 2 nitrogen and oxygen atoms in total. The summed E-state index contributed by atoms with van der Waals surface area (Å²) in [5, 5.41) is 4.98. The minimum atomic E-state index is 0.0455. The zero-order valence-corrected chi connectivity index (χ0v) is 36.6. The highest BCUT2D eigenvalue weighted by atomic mass is 15.2. The Morgan fingerprint density at radius 3 is 0.935 bits per heavy atom. The lowest BCUT2D eigenvalue weighted by Gasteiger charge is -2.34. The van der Waals surface area contributed by atoms with Crippen LogP contribution in [0.2, 0.25) is 0 Å². The van der Waals surface area contributed by atoms with Crippen molar-refractivity contribution in [2.24, 2.45) is 0 Å². The molecule has 9 aromatic carbocycles. The predicted octanol–water partition coefficient (Wildman–Crippen LogP) is 16.7. The Morgan fingerprint density at radius 2 is 0.629 bits per heavy atom. The molecule has 9 aromatic rings. The molecule has 0 bridgehead atoms. The maximum atomic E-state index is 2.48. The molecule has 0 fully saturated rings. The van der Waals surface area contributed by atoms with Crippen molar-refractivity contribution < 1.29 is 0 Å². The Labute approximate surface area is 366 Å². The van der Waals surface area contributed by atoms with E-state index in [1.807, 2.05) is 0 Å². The second-order valence-corrected chi connectivity index (χ2v) is 19.4. The molecule has 0 amide bonds. The van der Waals surface area contributed by atoms with Gasteiger partial charge in [0.2, 0.25) is 0 Å². The van der Waals surface area contributed by atoms with Gasteiger partial charge in [-0.05, 0) is 137 Å². The Kier molecular flexibility index (Phi) is 8.81. The van der Waals surface area contributed by atoms with Crippen LogP contribution in [-0.2, 0) is 23.7 Å². The smallest absolute Gasteiger partial charge is 0.0497 e. The zero-order valence-electron chi connectivity index (χ0n) is 36.6. The van der Waals surface area contributed by atoms with Crippen LogP contribution in [0, 0.1) is 0 Å². The lowest BCUT2D eigenvalue weighted by molar-refractivity contribution is 0.590. The van der Waals surface area contributed by atoms with Gasteiger partial charge in [0.05, 0.1) is 0 Å². The molecular formula is C60H52N2. The maximum Gasteiger partial charge on any atom is 0.0497 e. The summed E-state index contributed by atoms with van der Waals surface area (Å²) in [4.78, 5) is 4.97. The molecule has 0 saturated heterocycles. The van der Waals surface area contributed by atoms with Crippen LogP contribution in [0.3, 0.4) is 0 Å². The maximum absolute atomic E-state index is 2.48. The average Bonchev–Trinajstić information content (AvgIpc) is 3.28. The molecule has 62 heavy (non-hydrogen) atoms. The first-order valence-corrected chi connectivity index (χ1v) is 22.2. The van der Waals surface area contributed by atoms with Crippen molar-refractivity contribution in [3.8, 4) is 22.3 Å². The van der Waals surface area contributed by atoms with Crippen LogP contribution in [0.5, 0.6) is 0 Å². The van der Waals surface area contributed by atoms with Gasteiger partial charge in [-0.3, -0.25) is 0 Å².